The average Bonchev–Trinajstić information content (AvgIpc) is 3.00. The number of aryl methyl sites for hydroxylation is 1. The number of hydrogen-bond donors (Lipinski definition) is 1. The smallest absolute Gasteiger partial charge is 0.273 e. The van der Waals surface area contributed by atoms with Gasteiger partial charge in [0.1, 0.15) is 11.6 Å². The number of amides is 1. The number of rotatable bonds is 4. The molecule has 7 heteroatoms. The molecular formula is C15H18N4O3. The molecule has 1 fully saturated rings. The lowest BCUT2D eigenvalue weighted by Crippen LogP contribution is -2.36. The van der Waals surface area contributed by atoms with Gasteiger partial charge in [0.15, 0.2) is 5.69 Å². The zero-order chi connectivity index (χ0) is 15.4. The number of nitrogens with one attached hydrogen (secondary N) is 1. The maximum Gasteiger partial charge on any atom is 0.273 e. The number of carbonyl (C=O) groups excluding carboxylic acids is 1. The molecule has 0 saturated carbocycles. The molecule has 1 aliphatic heterocycles. The third-order valence-electron chi connectivity index (χ3n) is 3.46. The van der Waals surface area contributed by atoms with Crippen molar-refractivity contribution in [2.45, 2.75) is 13.5 Å². The van der Waals surface area contributed by atoms with E-state index in [1.807, 2.05) is 12.1 Å². The average molecular weight is 302 g/mol. The van der Waals surface area contributed by atoms with E-state index in [1.54, 1.807) is 19.2 Å². The fraction of sp³-hybridized carbons (Fsp3) is 0.400. The van der Waals surface area contributed by atoms with Crippen molar-refractivity contribution < 1.29 is 14.1 Å². The van der Waals surface area contributed by atoms with Crippen LogP contribution in [0.25, 0.3) is 0 Å². The Bertz CT molecular complexity index is 650. The van der Waals surface area contributed by atoms with Gasteiger partial charge in [-0.3, -0.25) is 4.79 Å². The molecule has 1 aliphatic rings. The first-order valence-corrected chi connectivity index (χ1v) is 7.21. The molecule has 116 valence electrons. The predicted molar refractivity (Wildman–Crippen MR) is 79.7 cm³/mol. The van der Waals surface area contributed by atoms with Gasteiger partial charge in [-0.05, 0) is 24.6 Å². The summed E-state index contributed by atoms with van der Waals surface area (Å²) in [5.74, 6) is 1.28. The molecule has 1 N–H and O–H groups in total. The number of anilines is 1. The molecular weight excluding hydrogens is 284 g/mol. The highest BCUT2D eigenvalue weighted by atomic mass is 16.5. The summed E-state index contributed by atoms with van der Waals surface area (Å²) in [5.41, 5.74) is 1.28. The second kappa shape index (κ2) is 6.57. The molecule has 2 aromatic heterocycles. The molecule has 7 nitrogen and oxygen atoms in total. The van der Waals surface area contributed by atoms with Gasteiger partial charge in [0.2, 0.25) is 0 Å². The Morgan fingerprint density at radius 3 is 2.91 bits per heavy atom. The molecule has 0 atom stereocenters. The quantitative estimate of drug-likeness (QED) is 0.912. The number of hydrogen-bond acceptors (Lipinski definition) is 6. The van der Waals surface area contributed by atoms with Crippen LogP contribution in [-0.2, 0) is 11.3 Å². The zero-order valence-corrected chi connectivity index (χ0v) is 12.4. The molecule has 0 radical (unpaired) electrons. The van der Waals surface area contributed by atoms with Crippen LogP contribution in [0.2, 0.25) is 0 Å². The Labute approximate surface area is 128 Å². The highest BCUT2D eigenvalue weighted by Gasteiger charge is 2.13. The van der Waals surface area contributed by atoms with Gasteiger partial charge in [0.25, 0.3) is 5.91 Å². The Morgan fingerprint density at radius 2 is 2.18 bits per heavy atom. The number of aromatic nitrogens is 2. The van der Waals surface area contributed by atoms with E-state index in [2.05, 4.69) is 20.4 Å². The number of ether oxygens (including phenoxy) is 1. The van der Waals surface area contributed by atoms with Gasteiger partial charge in [-0.2, -0.15) is 0 Å². The summed E-state index contributed by atoms with van der Waals surface area (Å²) in [7, 11) is 0. The molecule has 3 heterocycles. The first-order chi connectivity index (χ1) is 10.7. The summed E-state index contributed by atoms with van der Waals surface area (Å²) in [6, 6.07) is 5.49. The maximum atomic E-state index is 11.9. The Hall–Kier alpha value is -2.41. The van der Waals surface area contributed by atoms with Crippen molar-refractivity contribution in [2.75, 3.05) is 31.2 Å². The minimum absolute atomic E-state index is 0.249. The number of carbonyl (C=O) groups is 1. The van der Waals surface area contributed by atoms with E-state index in [1.165, 1.54) is 0 Å². The Morgan fingerprint density at radius 1 is 1.36 bits per heavy atom. The van der Waals surface area contributed by atoms with Crippen LogP contribution in [0.3, 0.4) is 0 Å². The number of nitrogens with zero attached hydrogens (tertiary/aromatic N) is 3. The predicted octanol–water partition coefficient (Wildman–Crippen LogP) is 1.14. The van der Waals surface area contributed by atoms with Gasteiger partial charge >= 0.3 is 0 Å². The van der Waals surface area contributed by atoms with E-state index in [9.17, 15) is 4.79 Å². The van der Waals surface area contributed by atoms with Crippen LogP contribution < -0.4 is 10.2 Å². The summed E-state index contributed by atoms with van der Waals surface area (Å²) < 4.78 is 10.2. The summed E-state index contributed by atoms with van der Waals surface area (Å²) in [6.45, 7) is 5.27. The first-order valence-electron chi connectivity index (χ1n) is 7.21. The van der Waals surface area contributed by atoms with Crippen molar-refractivity contribution in [1.82, 2.24) is 15.5 Å². The molecule has 0 aromatic carbocycles. The van der Waals surface area contributed by atoms with Gasteiger partial charge < -0.3 is 19.5 Å². The highest BCUT2D eigenvalue weighted by molar-refractivity contribution is 5.92. The summed E-state index contributed by atoms with van der Waals surface area (Å²) in [4.78, 5) is 18.5. The van der Waals surface area contributed by atoms with Crippen LogP contribution in [0, 0.1) is 6.92 Å². The largest absolute Gasteiger partial charge is 0.378 e. The second-order valence-electron chi connectivity index (χ2n) is 5.13. The molecule has 22 heavy (non-hydrogen) atoms. The van der Waals surface area contributed by atoms with Crippen molar-refractivity contribution in [3.05, 3.63) is 41.4 Å². The van der Waals surface area contributed by atoms with E-state index in [0.29, 0.717) is 31.2 Å². The Kier molecular flexibility index (Phi) is 4.34. The molecule has 0 spiro atoms. The fourth-order valence-corrected chi connectivity index (χ4v) is 2.28. The lowest BCUT2D eigenvalue weighted by Gasteiger charge is -2.28. The molecule has 2 aromatic rings. The van der Waals surface area contributed by atoms with Crippen molar-refractivity contribution in [2.24, 2.45) is 0 Å². The normalized spacial score (nSPS) is 14.9. The molecule has 0 unspecified atom stereocenters. The maximum absolute atomic E-state index is 11.9. The van der Waals surface area contributed by atoms with Gasteiger partial charge in [-0.25, -0.2) is 4.98 Å². The van der Waals surface area contributed by atoms with Crippen molar-refractivity contribution in [3.63, 3.8) is 0 Å². The SMILES string of the molecule is Cc1cc(C(=O)NCc2ccnc(N3CCOCC3)c2)no1. The minimum Gasteiger partial charge on any atom is -0.378 e. The van der Waals surface area contributed by atoms with Crippen LogP contribution >= 0.6 is 0 Å². The topological polar surface area (TPSA) is 80.5 Å². The summed E-state index contributed by atoms with van der Waals surface area (Å²) in [6.07, 6.45) is 1.76. The monoisotopic (exact) mass is 302 g/mol. The molecule has 1 amide bonds. The Balaban J connectivity index is 1.61. The van der Waals surface area contributed by atoms with E-state index >= 15 is 0 Å². The lowest BCUT2D eigenvalue weighted by atomic mass is 10.2. The third-order valence-corrected chi connectivity index (χ3v) is 3.46. The van der Waals surface area contributed by atoms with Crippen LogP contribution in [0.4, 0.5) is 5.82 Å². The molecule has 0 bridgehead atoms. The van der Waals surface area contributed by atoms with E-state index < -0.39 is 0 Å². The number of morpholine rings is 1. The van der Waals surface area contributed by atoms with E-state index in [4.69, 9.17) is 9.26 Å². The van der Waals surface area contributed by atoms with E-state index in [-0.39, 0.29) is 5.91 Å². The summed E-state index contributed by atoms with van der Waals surface area (Å²) >= 11 is 0. The first kappa shape index (κ1) is 14.5. The van der Waals surface area contributed by atoms with Crippen molar-refractivity contribution in [3.8, 4) is 0 Å². The van der Waals surface area contributed by atoms with Crippen LogP contribution in [0.15, 0.2) is 28.9 Å². The third kappa shape index (κ3) is 3.43. The van der Waals surface area contributed by atoms with Crippen molar-refractivity contribution >= 4 is 11.7 Å². The lowest BCUT2D eigenvalue weighted by molar-refractivity contribution is 0.0942. The van der Waals surface area contributed by atoms with Gasteiger partial charge in [-0.1, -0.05) is 5.16 Å². The van der Waals surface area contributed by atoms with Crippen LogP contribution in [-0.4, -0.2) is 42.4 Å². The number of pyridine rings is 1. The zero-order valence-electron chi connectivity index (χ0n) is 12.4. The minimum atomic E-state index is -0.249. The van der Waals surface area contributed by atoms with Crippen molar-refractivity contribution in [1.29, 1.82) is 0 Å². The molecule has 3 rings (SSSR count). The van der Waals surface area contributed by atoms with E-state index in [0.717, 1.165) is 24.5 Å². The fourth-order valence-electron chi connectivity index (χ4n) is 2.28. The summed E-state index contributed by atoms with van der Waals surface area (Å²) in [5, 5.41) is 6.52. The van der Waals surface area contributed by atoms with Crippen LogP contribution in [0.5, 0.6) is 0 Å². The molecule has 1 saturated heterocycles. The second-order valence-corrected chi connectivity index (χ2v) is 5.13. The highest BCUT2D eigenvalue weighted by Crippen LogP contribution is 2.14. The molecule has 0 aliphatic carbocycles. The van der Waals surface area contributed by atoms with Crippen LogP contribution in [0.1, 0.15) is 21.8 Å². The van der Waals surface area contributed by atoms with Gasteiger partial charge in [0.05, 0.1) is 13.2 Å². The van der Waals surface area contributed by atoms with Gasteiger partial charge in [-0.15, -0.1) is 0 Å². The standard InChI is InChI=1S/C15H18N4O3/c1-11-8-13(18-22-11)15(20)17-10-12-2-3-16-14(9-12)19-4-6-21-7-5-19/h2-3,8-9H,4-7,10H2,1H3,(H,17,20). The van der Waals surface area contributed by atoms with Gasteiger partial charge in [0, 0.05) is 31.9 Å².